The molecule has 4 nitrogen and oxygen atoms in total. The summed E-state index contributed by atoms with van der Waals surface area (Å²) in [4.78, 5) is 15.1. The van der Waals surface area contributed by atoms with E-state index >= 15 is 0 Å². The second-order valence-electron chi connectivity index (χ2n) is 7.96. The van der Waals surface area contributed by atoms with E-state index in [4.69, 9.17) is 4.74 Å². The molecule has 1 heterocycles. The maximum Gasteiger partial charge on any atom is 0.227 e. The number of carbonyl (C=O) groups is 1. The quantitative estimate of drug-likeness (QED) is 0.460. The van der Waals surface area contributed by atoms with Crippen molar-refractivity contribution in [2.45, 2.75) is 26.0 Å². The van der Waals surface area contributed by atoms with Crippen molar-refractivity contribution in [1.29, 1.82) is 0 Å². The molecule has 0 atom stereocenters. The molecule has 0 bridgehead atoms. The van der Waals surface area contributed by atoms with Crippen LogP contribution in [0.25, 0.3) is 0 Å². The van der Waals surface area contributed by atoms with Crippen LogP contribution >= 0.6 is 15.9 Å². The zero-order valence-electron chi connectivity index (χ0n) is 17.5. The standard InChI is InChI=1S/C26H27BrN2O2/c27-23-8-6-20(7-9-23)18-29-16-14-22(15-17-29)26(30)28-24-10-12-25(13-11-24)31-19-21-4-2-1-3-5-21/h1-13,22H,14-19H2,(H,28,30). The Kier molecular flexibility index (Phi) is 7.39. The van der Waals surface area contributed by atoms with Gasteiger partial charge in [0.25, 0.3) is 0 Å². The van der Waals surface area contributed by atoms with Gasteiger partial charge in [-0.1, -0.05) is 58.4 Å². The van der Waals surface area contributed by atoms with Gasteiger partial charge in [-0.25, -0.2) is 0 Å². The minimum Gasteiger partial charge on any atom is -0.489 e. The summed E-state index contributed by atoms with van der Waals surface area (Å²) in [5.41, 5.74) is 3.25. The number of piperidine rings is 1. The summed E-state index contributed by atoms with van der Waals surface area (Å²) >= 11 is 3.48. The number of ether oxygens (including phenoxy) is 1. The van der Waals surface area contributed by atoms with Gasteiger partial charge in [-0.15, -0.1) is 0 Å². The molecule has 0 radical (unpaired) electrons. The minimum absolute atomic E-state index is 0.0650. The lowest BCUT2D eigenvalue weighted by Gasteiger charge is -2.31. The van der Waals surface area contributed by atoms with Gasteiger partial charge < -0.3 is 10.1 Å². The molecule has 31 heavy (non-hydrogen) atoms. The number of anilines is 1. The first-order valence-electron chi connectivity index (χ1n) is 10.7. The van der Waals surface area contributed by atoms with Crippen LogP contribution in [-0.2, 0) is 17.9 Å². The number of carbonyl (C=O) groups excluding carboxylic acids is 1. The maximum absolute atomic E-state index is 12.7. The van der Waals surface area contributed by atoms with Gasteiger partial charge in [0.05, 0.1) is 0 Å². The molecule has 1 aliphatic heterocycles. The molecule has 1 aliphatic rings. The number of hydrogen-bond acceptors (Lipinski definition) is 3. The molecule has 1 N–H and O–H groups in total. The Morgan fingerprint density at radius 2 is 1.58 bits per heavy atom. The molecule has 1 amide bonds. The molecule has 160 valence electrons. The number of hydrogen-bond donors (Lipinski definition) is 1. The van der Waals surface area contributed by atoms with Gasteiger partial charge in [0, 0.05) is 22.6 Å². The van der Waals surface area contributed by atoms with Gasteiger partial charge in [-0.2, -0.15) is 0 Å². The van der Waals surface area contributed by atoms with Crippen LogP contribution in [0, 0.1) is 5.92 Å². The van der Waals surface area contributed by atoms with Gasteiger partial charge in [0.1, 0.15) is 12.4 Å². The topological polar surface area (TPSA) is 41.6 Å². The van der Waals surface area contributed by atoms with Crippen molar-refractivity contribution in [3.05, 3.63) is 94.5 Å². The smallest absolute Gasteiger partial charge is 0.227 e. The fourth-order valence-corrected chi connectivity index (χ4v) is 4.09. The number of rotatable bonds is 7. The lowest BCUT2D eigenvalue weighted by Crippen LogP contribution is -2.37. The fraction of sp³-hybridized carbons (Fsp3) is 0.269. The van der Waals surface area contributed by atoms with Crippen LogP contribution in [0.5, 0.6) is 5.75 Å². The fourth-order valence-electron chi connectivity index (χ4n) is 3.82. The third kappa shape index (κ3) is 6.42. The van der Waals surface area contributed by atoms with Gasteiger partial charge >= 0.3 is 0 Å². The Labute approximate surface area is 192 Å². The molecule has 1 fully saturated rings. The Balaban J connectivity index is 1.22. The normalized spacial score (nSPS) is 14.9. The molecular formula is C26H27BrN2O2. The zero-order chi connectivity index (χ0) is 21.5. The monoisotopic (exact) mass is 478 g/mol. The number of amides is 1. The predicted octanol–water partition coefficient (Wildman–Crippen LogP) is 5.88. The van der Waals surface area contributed by atoms with Crippen LogP contribution in [0.4, 0.5) is 5.69 Å². The summed E-state index contributed by atoms with van der Waals surface area (Å²) in [5, 5.41) is 3.07. The molecule has 1 saturated heterocycles. The predicted molar refractivity (Wildman–Crippen MR) is 128 cm³/mol. The summed E-state index contributed by atoms with van der Waals surface area (Å²) in [6.45, 7) is 3.36. The molecule has 0 aromatic heterocycles. The molecule has 3 aromatic carbocycles. The van der Waals surface area contributed by atoms with Crippen LogP contribution < -0.4 is 10.1 Å². The van der Waals surface area contributed by atoms with E-state index in [9.17, 15) is 4.79 Å². The third-order valence-electron chi connectivity index (χ3n) is 5.65. The number of likely N-dealkylation sites (tertiary alicyclic amines) is 1. The first-order chi connectivity index (χ1) is 15.2. The average Bonchev–Trinajstić information content (AvgIpc) is 2.81. The van der Waals surface area contributed by atoms with Crippen molar-refractivity contribution in [2.75, 3.05) is 18.4 Å². The van der Waals surface area contributed by atoms with Gasteiger partial charge in [0.15, 0.2) is 0 Å². The molecule has 0 spiro atoms. The van der Waals surface area contributed by atoms with E-state index in [1.54, 1.807) is 0 Å². The van der Waals surface area contributed by atoms with Crippen LogP contribution in [0.2, 0.25) is 0 Å². The number of benzene rings is 3. The summed E-state index contributed by atoms with van der Waals surface area (Å²) in [6.07, 6.45) is 1.78. The summed E-state index contributed by atoms with van der Waals surface area (Å²) in [5.74, 6) is 0.972. The highest BCUT2D eigenvalue weighted by molar-refractivity contribution is 9.10. The van der Waals surface area contributed by atoms with E-state index in [2.05, 4.69) is 50.4 Å². The van der Waals surface area contributed by atoms with Crippen molar-refractivity contribution < 1.29 is 9.53 Å². The first kappa shape index (κ1) is 21.6. The van der Waals surface area contributed by atoms with E-state index < -0.39 is 0 Å². The Hall–Kier alpha value is -2.63. The molecule has 0 aliphatic carbocycles. The second kappa shape index (κ2) is 10.6. The minimum atomic E-state index is 0.0650. The lowest BCUT2D eigenvalue weighted by molar-refractivity contribution is -0.121. The van der Waals surface area contributed by atoms with Crippen molar-refractivity contribution in [1.82, 2.24) is 4.90 Å². The largest absolute Gasteiger partial charge is 0.489 e. The van der Waals surface area contributed by atoms with Crippen molar-refractivity contribution in [3.63, 3.8) is 0 Å². The summed E-state index contributed by atoms with van der Waals surface area (Å²) < 4.78 is 6.91. The van der Waals surface area contributed by atoms with Crippen LogP contribution in [0.1, 0.15) is 24.0 Å². The van der Waals surface area contributed by atoms with E-state index in [0.29, 0.717) is 6.61 Å². The number of nitrogens with zero attached hydrogens (tertiary/aromatic N) is 1. The molecule has 3 aromatic rings. The van der Waals surface area contributed by atoms with E-state index in [1.165, 1.54) is 5.56 Å². The number of halogens is 1. The Morgan fingerprint density at radius 3 is 2.26 bits per heavy atom. The van der Waals surface area contributed by atoms with Crippen LogP contribution in [0.15, 0.2) is 83.3 Å². The second-order valence-corrected chi connectivity index (χ2v) is 8.88. The highest BCUT2D eigenvalue weighted by Gasteiger charge is 2.25. The molecular weight excluding hydrogens is 452 g/mol. The third-order valence-corrected chi connectivity index (χ3v) is 6.18. The zero-order valence-corrected chi connectivity index (χ0v) is 19.1. The average molecular weight is 479 g/mol. The van der Waals surface area contributed by atoms with Crippen molar-refractivity contribution >= 4 is 27.5 Å². The lowest BCUT2D eigenvalue weighted by atomic mass is 9.95. The summed E-state index contributed by atoms with van der Waals surface area (Å²) in [7, 11) is 0. The van der Waals surface area contributed by atoms with Crippen LogP contribution in [0.3, 0.4) is 0 Å². The Morgan fingerprint density at radius 1 is 0.903 bits per heavy atom. The van der Waals surface area contributed by atoms with Gasteiger partial charge in [0.2, 0.25) is 5.91 Å². The summed E-state index contributed by atoms with van der Waals surface area (Å²) in [6, 6.07) is 26.1. The van der Waals surface area contributed by atoms with Crippen molar-refractivity contribution in [2.24, 2.45) is 5.92 Å². The van der Waals surface area contributed by atoms with E-state index in [1.807, 2.05) is 54.6 Å². The Bertz CT molecular complexity index is 967. The van der Waals surface area contributed by atoms with Crippen LogP contribution in [-0.4, -0.2) is 23.9 Å². The highest BCUT2D eigenvalue weighted by Crippen LogP contribution is 2.23. The molecule has 5 heteroatoms. The molecule has 4 rings (SSSR count). The maximum atomic E-state index is 12.7. The highest BCUT2D eigenvalue weighted by atomic mass is 79.9. The van der Waals surface area contributed by atoms with Crippen molar-refractivity contribution in [3.8, 4) is 5.75 Å². The number of nitrogens with one attached hydrogen (secondary N) is 1. The van der Waals surface area contributed by atoms with Gasteiger partial charge in [-0.05, 0) is 73.5 Å². The molecule has 0 unspecified atom stereocenters. The molecule has 0 saturated carbocycles. The first-order valence-corrected chi connectivity index (χ1v) is 11.5. The SMILES string of the molecule is O=C(Nc1ccc(OCc2ccccc2)cc1)C1CCN(Cc2ccc(Br)cc2)CC1. The van der Waals surface area contributed by atoms with Gasteiger partial charge in [-0.3, -0.25) is 9.69 Å². The van der Waals surface area contributed by atoms with E-state index in [-0.39, 0.29) is 11.8 Å². The van der Waals surface area contributed by atoms with E-state index in [0.717, 1.165) is 53.9 Å².